The molecule has 0 N–H and O–H groups in total. The fourth-order valence-electron chi connectivity index (χ4n) is 3.58. The van der Waals surface area contributed by atoms with Crippen LogP contribution < -0.4 is 4.74 Å². The van der Waals surface area contributed by atoms with E-state index in [4.69, 9.17) is 9.26 Å². The summed E-state index contributed by atoms with van der Waals surface area (Å²) in [6, 6.07) is 13.4. The Morgan fingerprint density at radius 2 is 2.03 bits per heavy atom. The van der Waals surface area contributed by atoms with Gasteiger partial charge < -0.3 is 14.2 Å². The summed E-state index contributed by atoms with van der Waals surface area (Å²) in [7, 11) is 0. The SMILES string of the molecule is C[C@@H]1CCCN(C(=O)COc2ccccc2-c2noc(/C=C/c3ccc(F)cc3)n2)C1. The number of benzene rings is 2. The molecule has 1 fully saturated rings. The minimum atomic E-state index is -0.290. The second-order valence-electron chi connectivity index (χ2n) is 7.71. The second-order valence-corrected chi connectivity index (χ2v) is 7.71. The molecule has 160 valence electrons. The Morgan fingerprint density at radius 1 is 1.23 bits per heavy atom. The van der Waals surface area contributed by atoms with E-state index in [1.54, 1.807) is 30.4 Å². The van der Waals surface area contributed by atoms with Crippen LogP contribution in [0.25, 0.3) is 23.5 Å². The summed E-state index contributed by atoms with van der Waals surface area (Å²) in [5.41, 5.74) is 1.46. The van der Waals surface area contributed by atoms with Crippen molar-refractivity contribution in [1.29, 1.82) is 0 Å². The van der Waals surface area contributed by atoms with Crippen molar-refractivity contribution < 1.29 is 18.4 Å². The van der Waals surface area contributed by atoms with Crippen molar-refractivity contribution in [3.63, 3.8) is 0 Å². The summed E-state index contributed by atoms with van der Waals surface area (Å²) in [6.45, 7) is 3.69. The zero-order chi connectivity index (χ0) is 21.6. The Balaban J connectivity index is 1.43. The molecule has 0 aliphatic carbocycles. The van der Waals surface area contributed by atoms with Crippen LogP contribution in [0, 0.1) is 11.7 Å². The number of carbonyl (C=O) groups excluding carboxylic acids is 1. The van der Waals surface area contributed by atoms with E-state index in [9.17, 15) is 9.18 Å². The highest BCUT2D eigenvalue weighted by atomic mass is 19.1. The van der Waals surface area contributed by atoms with E-state index in [0.717, 1.165) is 31.5 Å². The molecular weight excluding hydrogens is 397 g/mol. The monoisotopic (exact) mass is 421 g/mol. The summed E-state index contributed by atoms with van der Waals surface area (Å²) >= 11 is 0. The smallest absolute Gasteiger partial charge is 0.260 e. The minimum Gasteiger partial charge on any atom is -0.483 e. The lowest BCUT2D eigenvalue weighted by Crippen LogP contribution is -2.41. The topological polar surface area (TPSA) is 68.5 Å². The first kappa shape index (κ1) is 20.8. The van der Waals surface area contributed by atoms with Gasteiger partial charge in [0.15, 0.2) is 6.61 Å². The molecule has 0 unspecified atom stereocenters. The number of amides is 1. The number of piperidine rings is 1. The van der Waals surface area contributed by atoms with Gasteiger partial charge in [0.25, 0.3) is 11.8 Å². The first-order valence-corrected chi connectivity index (χ1v) is 10.4. The predicted octanol–water partition coefficient (Wildman–Crippen LogP) is 4.68. The van der Waals surface area contributed by atoms with Crippen LogP contribution in [-0.2, 0) is 4.79 Å². The maximum atomic E-state index is 13.0. The highest BCUT2D eigenvalue weighted by Crippen LogP contribution is 2.28. The van der Waals surface area contributed by atoms with Gasteiger partial charge in [-0.15, -0.1) is 0 Å². The van der Waals surface area contributed by atoms with Crippen molar-refractivity contribution in [3.8, 4) is 17.1 Å². The molecule has 1 amide bonds. The third kappa shape index (κ3) is 5.36. The standard InChI is InChI=1S/C24H24FN3O3/c1-17-5-4-14-28(15-17)23(29)16-30-21-7-3-2-6-20(21)24-26-22(31-27-24)13-10-18-8-11-19(25)12-9-18/h2-3,6-13,17H,4-5,14-16H2,1H3/b13-10+/t17-/m1/s1. The lowest BCUT2D eigenvalue weighted by atomic mass is 10.0. The zero-order valence-electron chi connectivity index (χ0n) is 17.3. The third-order valence-electron chi connectivity index (χ3n) is 5.22. The molecule has 2 aromatic carbocycles. The lowest BCUT2D eigenvalue weighted by molar-refractivity contribution is -0.135. The number of rotatable bonds is 6. The van der Waals surface area contributed by atoms with E-state index < -0.39 is 0 Å². The lowest BCUT2D eigenvalue weighted by Gasteiger charge is -2.30. The number of halogens is 1. The Labute approximate surface area is 180 Å². The number of nitrogens with zero attached hydrogens (tertiary/aromatic N) is 3. The molecule has 4 rings (SSSR count). The van der Waals surface area contributed by atoms with E-state index in [2.05, 4.69) is 17.1 Å². The molecule has 31 heavy (non-hydrogen) atoms. The van der Waals surface area contributed by atoms with E-state index in [-0.39, 0.29) is 18.3 Å². The summed E-state index contributed by atoms with van der Waals surface area (Å²) < 4.78 is 24.1. The maximum absolute atomic E-state index is 13.0. The normalized spacial score (nSPS) is 16.6. The van der Waals surface area contributed by atoms with Gasteiger partial charge in [0.2, 0.25) is 5.82 Å². The van der Waals surface area contributed by atoms with E-state index in [1.807, 2.05) is 23.1 Å². The molecule has 7 heteroatoms. The van der Waals surface area contributed by atoms with Crippen molar-refractivity contribution in [2.75, 3.05) is 19.7 Å². The highest BCUT2D eigenvalue weighted by molar-refractivity contribution is 5.78. The quantitative estimate of drug-likeness (QED) is 0.578. The van der Waals surface area contributed by atoms with Gasteiger partial charge in [0, 0.05) is 19.2 Å². The largest absolute Gasteiger partial charge is 0.483 e. The van der Waals surface area contributed by atoms with Gasteiger partial charge in [-0.2, -0.15) is 4.98 Å². The number of carbonyl (C=O) groups is 1. The number of hydrogen-bond donors (Lipinski definition) is 0. The van der Waals surface area contributed by atoms with Gasteiger partial charge in [0.1, 0.15) is 11.6 Å². The van der Waals surface area contributed by atoms with Gasteiger partial charge >= 0.3 is 0 Å². The molecule has 0 spiro atoms. The van der Waals surface area contributed by atoms with Crippen LogP contribution in [0.5, 0.6) is 5.75 Å². The minimum absolute atomic E-state index is 0.0163. The van der Waals surface area contributed by atoms with E-state index >= 15 is 0 Å². The van der Waals surface area contributed by atoms with E-state index in [0.29, 0.717) is 28.9 Å². The molecule has 1 atom stereocenters. The van der Waals surface area contributed by atoms with Crippen molar-refractivity contribution in [3.05, 3.63) is 65.8 Å². The van der Waals surface area contributed by atoms with E-state index in [1.165, 1.54) is 12.1 Å². The predicted molar refractivity (Wildman–Crippen MR) is 116 cm³/mol. The average Bonchev–Trinajstić information content (AvgIpc) is 3.26. The highest BCUT2D eigenvalue weighted by Gasteiger charge is 2.22. The zero-order valence-corrected chi connectivity index (χ0v) is 17.3. The number of ether oxygens (including phenoxy) is 1. The molecule has 0 saturated carbocycles. The molecule has 0 radical (unpaired) electrons. The second kappa shape index (κ2) is 9.55. The molecule has 0 bridgehead atoms. The molecule has 1 aromatic heterocycles. The Kier molecular flexibility index (Phi) is 6.40. The Morgan fingerprint density at radius 3 is 2.84 bits per heavy atom. The molecule has 1 aliphatic rings. The molecule has 6 nitrogen and oxygen atoms in total. The average molecular weight is 421 g/mol. The fourth-order valence-corrected chi connectivity index (χ4v) is 3.58. The maximum Gasteiger partial charge on any atom is 0.260 e. The van der Waals surface area contributed by atoms with Gasteiger partial charge in [-0.3, -0.25) is 4.79 Å². The van der Waals surface area contributed by atoms with Gasteiger partial charge in [-0.1, -0.05) is 36.3 Å². The summed E-state index contributed by atoms with van der Waals surface area (Å²) in [4.78, 5) is 18.8. The van der Waals surface area contributed by atoms with Crippen LogP contribution in [0.2, 0.25) is 0 Å². The molecular formula is C24H24FN3O3. The molecule has 1 aliphatic heterocycles. The third-order valence-corrected chi connectivity index (χ3v) is 5.22. The number of hydrogen-bond acceptors (Lipinski definition) is 5. The van der Waals surface area contributed by atoms with Crippen molar-refractivity contribution >= 4 is 18.1 Å². The van der Waals surface area contributed by atoms with Crippen LogP contribution in [-0.4, -0.2) is 40.6 Å². The fraction of sp³-hybridized carbons (Fsp3) is 0.292. The van der Waals surface area contributed by atoms with Crippen LogP contribution in [0.15, 0.2) is 53.1 Å². The first-order valence-electron chi connectivity index (χ1n) is 10.4. The summed E-state index contributed by atoms with van der Waals surface area (Å²) in [5.74, 6) is 1.42. The molecule has 2 heterocycles. The van der Waals surface area contributed by atoms with Crippen LogP contribution >= 0.6 is 0 Å². The Hall–Kier alpha value is -3.48. The van der Waals surface area contributed by atoms with Crippen LogP contribution in [0.3, 0.4) is 0 Å². The summed E-state index contributed by atoms with van der Waals surface area (Å²) in [6.07, 6.45) is 5.61. The van der Waals surface area contributed by atoms with Gasteiger partial charge in [-0.25, -0.2) is 4.39 Å². The van der Waals surface area contributed by atoms with Crippen molar-refractivity contribution in [2.45, 2.75) is 19.8 Å². The van der Waals surface area contributed by atoms with Gasteiger partial charge in [-0.05, 0) is 54.7 Å². The Bertz CT molecular complexity index is 1060. The summed E-state index contributed by atoms with van der Waals surface area (Å²) in [5, 5.41) is 4.03. The molecule has 1 saturated heterocycles. The van der Waals surface area contributed by atoms with Crippen molar-refractivity contribution in [2.24, 2.45) is 5.92 Å². The number of aromatic nitrogens is 2. The van der Waals surface area contributed by atoms with Crippen LogP contribution in [0.1, 0.15) is 31.2 Å². The molecule has 3 aromatic rings. The number of para-hydroxylation sites is 1. The first-order chi connectivity index (χ1) is 15.1. The van der Waals surface area contributed by atoms with Gasteiger partial charge in [0.05, 0.1) is 5.56 Å². The van der Waals surface area contributed by atoms with Crippen LogP contribution in [0.4, 0.5) is 4.39 Å². The van der Waals surface area contributed by atoms with Crippen molar-refractivity contribution in [1.82, 2.24) is 15.0 Å². The number of likely N-dealkylation sites (tertiary alicyclic amines) is 1.